The van der Waals surface area contributed by atoms with E-state index in [1.807, 2.05) is 6.92 Å². The molecule has 6 atom stereocenters. The van der Waals surface area contributed by atoms with E-state index >= 15 is 0 Å². The molecule has 0 aliphatic carbocycles. The van der Waals surface area contributed by atoms with Crippen molar-refractivity contribution >= 4 is 0 Å². The summed E-state index contributed by atoms with van der Waals surface area (Å²) in [6.45, 7) is 5.37. The van der Waals surface area contributed by atoms with Gasteiger partial charge in [-0.25, -0.2) is 0 Å². The van der Waals surface area contributed by atoms with Gasteiger partial charge >= 0.3 is 0 Å². The Morgan fingerprint density at radius 1 is 1.24 bits per heavy atom. The molecule has 0 bridgehead atoms. The highest BCUT2D eigenvalue weighted by molar-refractivity contribution is 4.78. The minimum atomic E-state index is -0.796. The van der Waals surface area contributed by atoms with E-state index in [1.165, 1.54) is 0 Å². The molecule has 1 heterocycles. The molecule has 102 valence electrons. The van der Waals surface area contributed by atoms with Gasteiger partial charge in [0.05, 0.1) is 24.4 Å². The van der Waals surface area contributed by atoms with Crippen LogP contribution in [-0.4, -0.2) is 52.1 Å². The molecule has 0 saturated carbocycles. The summed E-state index contributed by atoms with van der Waals surface area (Å²) in [5.74, 6) is 0. The quantitative estimate of drug-likeness (QED) is 0.656. The lowest BCUT2D eigenvalue weighted by Crippen LogP contribution is -2.48. The lowest BCUT2D eigenvalue weighted by Gasteiger charge is -2.36. The third kappa shape index (κ3) is 4.89. The summed E-state index contributed by atoms with van der Waals surface area (Å²) in [4.78, 5) is 0. The highest BCUT2D eigenvalue weighted by Gasteiger charge is 2.35. The summed E-state index contributed by atoms with van der Waals surface area (Å²) < 4.78 is 11.0. The van der Waals surface area contributed by atoms with Gasteiger partial charge in [-0.05, 0) is 33.6 Å². The number of aliphatic hydroxyl groups is 3. The van der Waals surface area contributed by atoms with E-state index in [0.717, 1.165) is 0 Å². The van der Waals surface area contributed by atoms with E-state index in [9.17, 15) is 10.2 Å². The first-order valence-corrected chi connectivity index (χ1v) is 6.25. The molecule has 1 aliphatic rings. The fourth-order valence-corrected chi connectivity index (χ4v) is 1.84. The smallest absolute Gasteiger partial charge is 0.184 e. The number of hydrogen-bond donors (Lipinski definition) is 3. The zero-order valence-electron chi connectivity index (χ0n) is 10.7. The maximum atomic E-state index is 9.72. The first kappa shape index (κ1) is 14.9. The van der Waals surface area contributed by atoms with Gasteiger partial charge in [-0.3, -0.25) is 0 Å². The van der Waals surface area contributed by atoms with E-state index in [0.29, 0.717) is 12.8 Å². The van der Waals surface area contributed by atoms with Crippen molar-refractivity contribution in [2.24, 2.45) is 0 Å². The van der Waals surface area contributed by atoms with Crippen LogP contribution < -0.4 is 0 Å². The van der Waals surface area contributed by atoms with Crippen molar-refractivity contribution in [1.29, 1.82) is 0 Å². The summed E-state index contributed by atoms with van der Waals surface area (Å²) in [6, 6.07) is 0. The molecule has 5 heteroatoms. The van der Waals surface area contributed by atoms with Crippen LogP contribution in [0.4, 0.5) is 0 Å². The second-order valence-electron chi connectivity index (χ2n) is 4.95. The van der Waals surface area contributed by atoms with Crippen LogP contribution in [0, 0.1) is 0 Å². The topological polar surface area (TPSA) is 79.2 Å². The van der Waals surface area contributed by atoms with Gasteiger partial charge in [0.1, 0.15) is 6.10 Å². The van der Waals surface area contributed by atoms with Crippen molar-refractivity contribution < 1.29 is 24.8 Å². The molecule has 5 nitrogen and oxygen atoms in total. The first-order chi connectivity index (χ1) is 7.90. The third-order valence-corrected chi connectivity index (χ3v) is 3.05. The largest absolute Gasteiger partial charge is 0.393 e. The van der Waals surface area contributed by atoms with E-state index in [-0.39, 0.29) is 24.7 Å². The average Bonchev–Trinajstić information content (AvgIpc) is 2.23. The molecular formula is C12H24O5. The molecule has 0 aromatic rings. The molecule has 17 heavy (non-hydrogen) atoms. The molecule has 1 rings (SSSR count). The lowest BCUT2D eigenvalue weighted by atomic mass is 10.0. The molecule has 0 aromatic heterocycles. The Kier molecular flexibility index (Phi) is 5.82. The summed E-state index contributed by atoms with van der Waals surface area (Å²) >= 11 is 0. The van der Waals surface area contributed by atoms with Crippen LogP contribution >= 0.6 is 0 Å². The average molecular weight is 248 g/mol. The number of rotatable bonds is 5. The molecule has 0 aromatic carbocycles. The highest BCUT2D eigenvalue weighted by atomic mass is 16.7. The highest BCUT2D eigenvalue weighted by Crippen LogP contribution is 2.22. The van der Waals surface area contributed by atoms with Crippen molar-refractivity contribution in [3.63, 3.8) is 0 Å². The van der Waals surface area contributed by atoms with Gasteiger partial charge in [0.15, 0.2) is 6.29 Å². The summed E-state index contributed by atoms with van der Waals surface area (Å²) in [5, 5.41) is 28.4. The molecule has 2 unspecified atom stereocenters. The van der Waals surface area contributed by atoms with Gasteiger partial charge in [0.2, 0.25) is 0 Å². The van der Waals surface area contributed by atoms with Crippen molar-refractivity contribution in [1.82, 2.24) is 0 Å². The molecule has 3 N–H and O–H groups in total. The first-order valence-electron chi connectivity index (χ1n) is 6.25. The van der Waals surface area contributed by atoms with Gasteiger partial charge in [-0.2, -0.15) is 0 Å². The Morgan fingerprint density at radius 2 is 1.88 bits per heavy atom. The van der Waals surface area contributed by atoms with Crippen LogP contribution in [0.15, 0.2) is 0 Å². The Labute approximate surface area is 102 Å². The van der Waals surface area contributed by atoms with Crippen LogP contribution in [-0.2, 0) is 9.47 Å². The zero-order valence-corrected chi connectivity index (χ0v) is 10.7. The minimum Gasteiger partial charge on any atom is -0.393 e. The summed E-state index contributed by atoms with van der Waals surface area (Å²) in [5.41, 5.74) is 0. The van der Waals surface area contributed by atoms with Gasteiger partial charge in [-0.15, -0.1) is 0 Å². The molecule has 1 fully saturated rings. The van der Waals surface area contributed by atoms with Crippen molar-refractivity contribution in [2.45, 2.75) is 76.8 Å². The van der Waals surface area contributed by atoms with Crippen LogP contribution in [0.2, 0.25) is 0 Å². The van der Waals surface area contributed by atoms with Crippen LogP contribution in [0.5, 0.6) is 0 Å². The van der Waals surface area contributed by atoms with Gasteiger partial charge in [0, 0.05) is 6.42 Å². The van der Waals surface area contributed by atoms with Crippen molar-refractivity contribution in [3.8, 4) is 0 Å². The monoisotopic (exact) mass is 248 g/mol. The number of aliphatic hydroxyl groups excluding tert-OH is 3. The van der Waals surface area contributed by atoms with Crippen LogP contribution in [0.3, 0.4) is 0 Å². The number of hydrogen-bond acceptors (Lipinski definition) is 5. The van der Waals surface area contributed by atoms with E-state index in [2.05, 4.69) is 0 Å². The normalized spacial score (nSPS) is 37.8. The second kappa shape index (κ2) is 6.66. The summed E-state index contributed by atoms with van der Waals surface area (Å²) in [6.07, 6.45) is -1.25. The number of ether oxygens (including phenoxy) is 2. The zero-order chi connectivity index (χ0) is 13.0. The predicted molar refractivity (Wildman–Crippen MR) is 62.4 cm³/mol. The maximum Gasteiger partial charge on any atom is 0.184 e. The van der Waals surface area contributed by atoms with Gasteiger partial charge < -0.3 is 24.8 Å². The third-order valence-electron chi connectivity index (χ3n) is 3.05. The van der Waals surface area contributed by atoms with Crippen molar-refractivity contribution in [2.75, 3.05) is 0 Å². The fraction of sp³-hybridized carbons (Fsp3) is 1.00. The van der Waals surface area contributed by atoms with Gasteiger partial charge in [-0.1, -0.05) is 0 Å². The summed E-state index contributed by atoms with van der Waals surface area (Å²) in [7, 11) is 0. The minimum absolute atomic E-state index is 0.0910. The van der Waals surface area contributed by atoms with E-state index in [1.54, 1.807) is 13.8 Å². The van der Waals surface area contributed by atoms with Crippen LogP contribution in [0.25, 0.3) is 0 Å². The van der Waals surface area contributed by atoms with Gasteiger partial charge in [0.25, 0.3) is 0 Å². The Morgan fingerprint density at radius 3 is 2.47 bits per heavy atom. The van der Waals surface area contributed by atoms with Crippen molar-refractivity contribution in [3.05, 3.63) is 0 Å². The maximum absolute atomic E-state index is 9.72. The SMILES string of the molecule is CC1OC(O[C@H](C)CC[C@@H](C)O)[C@@H](O)C[C@H]1O. The lowest BCUT2D eigenvalue weighted by molar-refractivity contribution is -0.273. The molecule has 0 amide bonds. The van der Waals surface area contributed by atoms with Crippen LogP contribution in [0.1, 0.15) is 40.0 Å². The Hall–Kier alpha value is -0.200. The molecule has 1 aliphatic heterocycles. The van der Waals surface area contributed by atoms with E-state index < -0.39 is 18.5 Å². The molecule has 1 saturated heterocycles. The fourth-order valence-electron chi connectivity index (χ4n) is 1.84. The molecule has 0 spiro atoms. The Balaban J connectivity index is 2.34. The second-order valence-corrected chi connectivity index (χ2v) is 4.95. The molecule has 0 radical (unpaired) electrons. The predicted octanol–water partition coefficient (Wildman–Crippen LogP) is 0.409. The molecular weight excluding hydrogens is 224 g/mol. The van der Waals surface area contributed by atoms with E-state index in [4.69, 9.17) is 14.6 Å². The standard InChI is InChI=1S/C12H24O5/c1-7(13)4-5-8(2)16-12-11(15)6-10(14)9(3)17-12/h7-15H,4-6H2,1-3H3/t7-,8-,9?,10-,11+,12?/m1/s1. The Bertz CT molecular complexity index is 221.